The van der Waals surface area contributed by atoms with Gasteiger partial charge in [-0.15, -0.1) is 11.3 Å². The van der Waals surface area contributed by atoms with Gasteiger partial charge in [0.1, 0.15) is 17.3 Å². The van der Waals surface area contributed by atoms with Crippen molar-refractivity contribution in [2.75, 3.05) is 13.2 Å². The van der Waals surface area contributed by atoms with Gasteiger partial charge in [0.15, 0.2) is 17.3 Å². The molecule has 1 aliphatic carbocycles. The number of carboxylic acids is 1. The summed E-state index contributed by atoms with van der Waals surface area (Å²) in [4.78, 5) is 15.2. The fraction of sp³-hybridized carbons (Fsp3) is 0.345. The Balaban J connectivity index is 1.46. The highest BCUT2D eigenvalue weighted by Crippen LogP contribution is 2.39. The summed E-state index contributed by atoms with van der Waals surface area (Å²) >= 11 is 1.12. The first-order valence-electron chi connectivity index (χ1n) is 13.7. The standard InChI is InChI=1S/C29H28F2N4O6S2/c30-21-7-6-18(13-25(21)41-14-19-2-1-9-40-19)27-20(10-17-5-8-26(22(31)11-17)43(32,38)39)24(12-16-3-4-16)35(34-27)29-33-23(15-42-29)28(36)37/h5-8,11,13,15-16,19H,1-4,9-10,12,14H2,(H,36,37)(H2,32,38,39). The predicted molar refractivity (Wildman–Crippen MR) is 153 cm³/mol. The molecule has 226 valence electrons. The van der Waals surface area contributed by atoms with E-state index >= 15 is 0 Å². The largest absolute Gasteiger partial charge is 0.488 e. The minimum atomic E-state index is -4.25. The molecule has 6 rings (SSSR count). The quantitative estimate of drug-likeness (QED) is 0.242. The second-order valence-electron chi connectivity index (χ2n) is 10.7. The van der Waals surface area contributed by atoms with Crippen LogP contribution in [0.3, 0.4) is 0 Å². The van der Waals surface area contributed by atoms with E-state index in [4.69, 9.17) is 19.7 Å². The van der Waals surface area contributed by atoms with E-state index in [1.54, 1.807) is 16.8 Å². The van der Waals surface area contributed by atoms with Gasteiger partial charge in [0.05, 0.1) is 17.5 Å². The average molecular weight is 631 g/mol. The lowest BCUT2D eigenvalue weighted by atomic mass is 9.96. The van der Waals surface area contributed by atoms with Crippen molar-refractivity contribution in [3.05, 3.63) is 75.9 Å². The van der Waals surface area contributed by atoms with Crippen LogP contribution in [0.1, 0.15) is 53.0 Å². The summed E-state index contributed by atoms with van der Waals surface area (Å²) in [5.74, 6) is -2.29. The third kappa shape index (κ3) is 6.47. The number of hydrogen-bond donors (Lipinski definition) is 2. The number of benzene rings is 2. The molecule has 14 heteroatoms. The van der Waals surface area contributed by atoms with E-state index in [0.29, 0.717) is 46.5 Å². The molecule has 0 amide bonds. The number of nitrogens with zero attached hydrogens (tertiary/aromatic N) is 3. The number of rotatable bonds is 11. The highest BCUT2D eigenvalue weighted by atomic mass is 32.2. The number of carbonyl (C=O) groups is 1. The Morgan fingerprint density at radius 2 is 1.98 bits per heavy atom. The van der Waals surface area contributed by atoms with E-state index < -0.39 is 32.5 Å². The fourth-order valence-electron chi connectivity index (χ4n) is 5.13. The molecule has 1 aliphatic heterocycles. The lowest BCUT2D eigenvalue weighted by molar-refractivity contribution is 0.0666. The van der Waals surface area contributed by atoms with Crippen molar-refractivity contribution in [1.29, 1.82) is 0 Å². The number of aromatic carboxylic acids is 1. The molecule has 0 radical (unpaired) electrons. The topological polar surface area (TPSA) is 147 Å². The maximum absolute atomic E-state index is 14.8. The zero-order chi connectivity index (χ0) is 30.3. The van der Waals surface area contributed by atoms with Gasteiger partial charge < -0.3 is 14.6 Å². The average Bonchev–Trinajstić information content (AvgIpc) is 3.30. The van der Waals surface area contributed by atoms with Gasteiger partial charge in [-0.05, 0) is 73.9 Å². The molecule has 1 saturated carbocycles. The first-order valence-corrected chi connectivity index (χ1v) is 16.1. The normalized spacial score (nSPS) is 17.0. The summed E-state index contributed by atoms with van der Waals surface area (Å²) in [5.41, 5.74) is 2.78. The molecule has 2 fully saturated rings. The number of sulfonamides is 1. The van der Waals surface area contributed by atoms with Gasteiger partial charge >= 0.3 is 5.97 Å². The minimum absolute atomic E-state index is 0.0307. The summed E-state index contributed by atoms with van der Waals surface area (Å²) in [6, 6.07) is 8.14. The zero-order valence-electron chi connectivity index (χ0n) is 22.8. The first-order chi connectivity index (χ1) is 20.6. The van der Waals surface area contributed by atoms with Crippen LogP contribution >= 0.6 is 11.3 Å². The van der Waals surface area contributed by atoms with E-state index in [-0.39, 0.29) is 30.6 Å². The number of thiazole rings is 1. The molecule has 0 bridgehead atoms. The van der Waals surface area contributed by atoms with Crippen molar-refractivity contribution < 1.29 is 36.6 Å². The Morgan fingerprint density at radius 1 is 1.16 bits per heavy atom. The van der Waals surface area contributed by atoms with E-state index in [1.165, 1.54) is 17.5 Å². The number of aromatic nitrogens is 3. The van der Waals surface area contributed by atoms with Crippen LogP contribution in [0, 0.1) is 17.6 Å². The van der Waals surface area contributed by atoms with Gasteiger partial charge in [-0.3, -0.25) is 0 Å². The Morgan fingerprint density at radius 3 is 2.63 bits per heavy atom. The molecule has 10 nitrogen and oxygen atoms in total. The first kappa shape index (κ1) is 29.4. The molecule has 2 aliphatic rings. The van der Waals surface area contributed by atoms with Crippen LogP contribution in [-0.2, 0) is 27.6 Å². The predicted octanol–water partition coefficient (Wildman–Crippen LogP) is 4.72. The van der Waals surface area contributed by atoms with Crippen LogP contribution in [-0.4, -0.2) is 53.6 Å². The molecule has 43 heavy (non-hydrogen) atoms. The number of nitrogens with two attached hydrogens (primary N) is 1. The van der Waals surface area contributed by atoms with Crippen LogP contribution < -0.4 is 9.88 Å². The summed E-state index contributed by atoms with van der Waals surface area (Å²) < 4.78 is 66.2. The minimum Gasteiger partial charge on any atom is -0.488 e. The summed E-state index contributed by atoms with van der Waals surface area (Å²) in [7, 11) is -4.25. The summed E-state index contributed by atoms with van der Waals surface area (Å²) in [6.07, 6.45) is 4.40. The lowest BCUT2D eigenvalue weighted by Crippen LogP contribution is -2.16. The molecule has 2 aromatic carbocycles. The molecular formula is C29H28F2N4O6S2. The lowest BCUT2D eigenvalue weighted by Gasteiger charge is -2.13. The molecule has 2 aromatic heterocycles. The van der Waals surface area contributed by atoms with E-state index in [2.05, 4.69) is 4.98 Å². The molecule has 0 spiro atoms. The fourth-order valence-corrected chi connectivity index (χ4v) is 6.50. The van der Waals surface area contributed by atoms with E-state index in [1.807, 2.05) is 0 Å². The van der Waals surface area contributed by atoms with Crippen LogP contribution in [0.2, 0.25) is 0 Å². The molecule has 1 atom stereocenters. The zero-order valence-corrected chi connectivity index (χ0v) is 24.5. The SMILES string of the molecule is NS(=O)(=O)c1ccc(Cc2c(-c3ccc(F)c(OCC4CCCO4)c3)nn(-c3nc(C(=O)O)cs3)c2CC2CC2)cc1F. The number of carboxylic acid groups (broad SMARTS) is 1. The Labute approximate surface area is 250 Å². The van der Waals surface area contributed by atoms with Crippen LogP contribution in [0.5, 0.6) is 5.75 Å². The highest BCUT2D eigenvalue weighted by molar-refractivity contribution is 7.89. The smallest absolute Gasteiger partial charge is 0.355 e. The number of ether oxygens (including phenoxy) is 2. The molecule has 1 unspecified atom stereocenters. The third-order valence-electron chi connectivity index (χ3n) is 7.50. The maximum atomic E-state index is 14.8. The number of primary sulfonamides is 1. The van der Waals surface area contributed by atoms with Gasteiger partial charge in [0.25, 0.3) is 0 Å². The molecule has 4 aromatic rings. The van der Waals surface area contributed by atoms with Crippen LogP contribution in [0.4, 0.5) is 8.78 Å². The number of hydrogen-bond acceptors (Lipinski definition) is 8. The third-order valence-corrected chi connectivity index (χ3v) is 9.26. The second-order valence-corrected chi connectivity index (χ2v) is 13.1. The van der Waals surface area contributed by atoms with Gasteiger partial charge in [0, 0.05) is 29.5 Å². The van der Waals surface area contributed by atoms with Crippen molar-refractivity contribution >= 4 is 27.3 Å². The van der Waals surface area contributed by atoms with Gasteiger partial charge in [-0.1, -0.05) is 6.07 Å². The molecular weight excluding hydrogens is 602 g/mol. The summed E-state index contributed by atoms with van der Waals surface area (Å²) in [6.45, 7) is 0.835. The van der Waals surface area contributed by atoms with Crippen molar-refractivity contribution in [3.63, 3.8) is 0 Å². The van der Waals surface area contributed by atoms with Gasteiger partial charge in [-0.2, -0.15) is 5.10 Å². The Bertz CT molecular complexity index is 1800. The molecule has 1 saturated heterocycles. The van der Waals surface area contributed by atoms with Crippen molar-refractivity contribution in [3.8, 4) is 22.1 Å². The van der Waals surface area contributed by atoms with Gasteiger partial charge in [0.2, 0.25) is 15.2 Å². The van der Waals surface area contributed by atoms with Crippen molar-refractivity contribution in [2.45, 2.75) is 49.5 Å². The van der Waals surface area contributed by atoms with E-state index in [9.17, 15) is 27.1 Å². The van der Waals surface area contributed by atoms with Crippen molar-refractivity contribution in [1.82, 2.24) is 14.8 Å². The Kier molecular flexibility index (Phi) is 8.02. The second kappa shape index (κ2) is 11.8. The summed E-state index contributed by atoms with van der Waals surface area (Å²) in [5, 5.41) is 21.2. The van der Waals surface area contributed by atoms with Crippen molar-refractivity contribution in [2.24, 2.45) is 11.1 Å². The van der Waals surface area contributed by atoms with E-state index in [0.717, 1.165) is 54.8 Å². The van der Waals surface area contributed by atoms with Gasteiger partial charge in [-0.25, -0.2) is 36.8 Å². The maximum Gasteiger partial charge on any atom is 0.355 e. The van der Waals surface area contributed by atoms with Crippen LogP contribution in [0.25, 0.3) is 16.4 Å². The monoisotopic (exact) mass is 630 g/mol. The molecule has 3 heterocycles. The molecule has 3 N–H and O–H groups in total. The highest BCUT2D eigenvalue weighted by Gasteiger charge is 2.30. The Hall–Kier alpha value is -3.72. The number of halogens is 2. The van der Waals surface area contributed by atoms with Crippen LogP contribution in [0.15, 0.2) is 46.7 Å².